The van der Waals surface area contributed by atoms with Gasteiger partial charge >= 0.3 is 0 Å². The van der Waals surface area contributed by atoms with Crippen LogP contribution in [-0.4, -0.2) is 88.1 Å². The van der Waals surface area contributed by atoms with E-state index in [0.29, 0.717) is 35.9 Å². The zero-order chi connectivity index (χ0) is 48.8. The number of nitrogens with zero attached hydrogens (tertiary/aromatic N) is 6. The smallest absolute Gasteiger partial charge is 0.256 e. The van der Waals surface area contributed by atoms with Gasteiger partial charge in [-0.25, -0.2) is 21.5 Å². The molecule has 0 bridgehead atoms. The first-order valence-corrected chi connectivity index (χ1v) is 28.0. The van der Waals surface area contributed by atoms with Crippen LogP contribution in [0.2, 0.25) is 18.1 Å². The lowest BCUT2D eigenvalue weighted by atomic mass is 9.79. The summed E-state index contributed by atoms with van der Waals surface area (Å²) in [5.74, 6) is -0.0237. The molecule has 2 aromatic heterocycles. The summed E-state index contributed by atoms with van der Waals surface area (Å²) in [6, 6.07) is 36.9. The highest BCUT2D eigenvalue weighted by Gasteiger charge is 2.54. The monoisotopic (exact) mass is 953 g/mol. The van der Waals surface area contributed by atoms with Crippen LogP contribution in [-0.2, 0) is 24.0 Å². The fraction of sp³-hybridized carbons (Fsp3) is 0.426. The number of hydrogen-bond donors (Lipinski definition) is 1. The van der Waals surface area contributed by atoms with E-state index in [4.69, 9.17) is 35.0 Å². The molecule has 1 N–H and O–H groups in total. The molecule has 4 aromatic carbocycles. The van der Waals surface area contributed by atoms with Gasteiger partial charge in [0.25, 0.3) is 5.91 Å². The average molecular weight is 954 g/mol. The molecule has 1 amide bonds. The summed E-state index contributed by atoms with van der Waals surface area (Å²) in [5, 5.41) is 2.79. The van der Waals surface area contributed by atoms with Gasteiger partial charge < -0.3 is 28.6 Å². The Labute approximate surface area is 405 Å². The third kappa shape index (κ3) is 11.0. The maximum absolute atomic E-state index is 13.5. The minimum Gasteiger partial charge on any atom is -0.407 e. The van der Waals surface area contributed by atoms with Crippen LogP contribution in [0.1, 0.15) is 99.3 Å². The first-order chi connectivity index (χ1) is 32.4. The molecular weight excluding hydrogens is 886 g/mol. The molecule has 3 heterocycles. The first kappa shape index (κ1) is 50.7. The Hall–Kier alpha value is -5.16. The Balaban J connectivity index is 1.40. The maximum Gasteiger partial charge on any atom is 0.256 e. The second kappa shape index (κ2) is 21.6. The van der Waals surface area contributed by atoms with E-state index in [1.54, 1.807) is 18.5 Å². The minimum absolute atomic E-state index is 0.115. The van der Waals surface area contributed by atoms with Gasteiger partial charge in [-0.3, -0.25) is 14.0 Å². The number of amides is 1. The van der Waals surface area contributed by atoms with E-state index in [1.807, 2.05) is 28.8 Å². The lowest BCUT2D eigenvalue weighted by molar-refractivity contribution is -0.0918. The Kier molecular flexibility index (Phi) is 16.1. The molecule has 1 aliphatic rings. The number of carbonyl (C=O) groups excluding carboxylic acids is 1. The molecule has 0 aliphatic carbocycles. The van der Waals surface area contributed by atoms with Crippen LogP contribution >= 0.6 is 8.30 Å². The molecule has 1 fully saturated rings. The maximum atomic E-state index is 13.5. The van der Waals surface area contributed by atoms with E-state index in [9.17, 15) is 4.79 Å². The fourth-order valence-corrected chi connectivity index (χ4v) is 12.4. The largest absolute Gasteiger partial charge is 0.407 e. The van der Waals surface area contributed by atoms with Crippen molar-refractivity contribution in [3.05, 3.63) is 167 Å². The van der Waals surface area contributed by atoms with Crippen LogP contribution in [0.4, 0.5) is 5.82 Å². The van der Waals surface area contributed by atoms with E-state index in [1.165, 1.54) is 6.33 Å². The topological polar surface area (TPSA) is 117 Å². The van der Waals surface area contributed by atoms with E-state index < -0.39 is 46.8 Å². The van der Waals surface area contributed by atoms with Crippen molar-refractivity contribution >= 4 is 39.5 Å². The highest BCUT2D eigenvalue weighted by molar-refractivity contribution is 7.50. The predicted octanol–water partition coefficient (Wildman–Crippen LogP) is 12.1. The van der Waals surface area contributed by atoms with Crippen molar-refractivity contribution in [2.75, 3.05) is 24.6 Å². The van der Waals surface area contributed by atoms with E-state index in [-0.39, 0.29) is 35.5 Å². The zero-order valence-electron chi connectivity index (χ0n) is 41.5. The molecule has 68 heavy (non-hydrogen) atoms. The van der Waals surface area contributed by atoms with Gasteiger partial charge in [-0.2, -0.15) is 0 Å². The van der Waals surface area contributed by atoms with Crippen molar-refractivity contribution in [1.82, 2.24) is 24.2 Å². The molecule has 6 aromatic rings. The number of rotatable bonds is 19. The summed E-state index contributed by atoms with van der Waals surface area (Å²) in [6.07, 6.45) is 1.77. The molecule has 1 aliphatic heterocycles. The van der Waals surface area contributed by atoms with Gasteiger partial charge in [0.15, 0.2) is 31.5 Å². The predicted molar refractivity (Wildman–Crippen MR) is 275 cm³/mol. The van der Waals surface area contributed by atoms with Crippen LogP contribution in [0.15, 0.2) is 122 Å². The van der Waals surface area contributed by atoms with Crippen LogP contribution in [0.25, 0.3) is 16.0 Å². The van der Waals surface area contributed by atoms with Crippen molar-refractivity contribution in [1.29, 1.82) is 0 Å². The molecule has 5 atom stereocenters. The molecule has 7 rings (SSSR count). The summed E-state index contributed by atoms with van der Waals surface area (Å²) < 4.78 is 34.7. The van der Waals surface area contributed by atoms with Gasteiger partial charge in [0.1, 0.15) is 38.5 Å². The van der Waals surface area contributed by atoms with Gasteiger partial charge in [0.2, 0.25) is 6.54 Å². The van der Waals surface area contributed by atoms with Gasteiger partial charge in [-0.05, 0) is 88.5 Å². The van der Waals surface area contributed by atoms with Crippen LogP contribution in [0, 0.1) is 20.4 Å². The third-order valence-electron chi connectivity index (χ3n) is 13.2. The molecule has 2 unspecified atom stereocenters. The highest BCUT2D eigenvalue weighted by Crippen LogP contribution is 2.52. The second-order valence-electron chi connectivity index (χ2n) is 19.8. The van der Waals surface area contributed by atoms with Crippen LogP contribution in [0.3, 0.4) is 0 Å². The van der Waals surface area contributed by atoms with Gasteiger partial charge in [0.05, 0.1) is 12.9 Å². The van der Waals surface area contributed by atoms with E-state index in [2.05, 4.69) is 168 Å². The molecule has 12 nitrogen and oxygen atoms in total. The normalized spacial score (nSPS) is 18.4. The summed E-state index contributed by atoms with van der Waals surface area (Å²) in [6.45, 7) is 32.4. The average Bonchev–Trinajstić information content (AvgIpc) is 3.88. The minimum atomic E-state index is -2.59. The Morgan fingerprint density at radius 2 is 1.41 bits per heavy atom. The first-order valence-electron chi connectivity index (χ1n) is 23.7. The van der Waals surface area contributed by atoms with Crippen LogP contribution in [0.5, 0.6) is 0 Å². The summed E-state index contributed by atoms with van der Waals surface area (Å²) in [4.78, 5) is 31.3. The fourth-order valence-electron chi connectivity index (χ4n) is 8.70. The highest BCUT2D eigenvalue weighted by atomic mass is 31.2. The second-order valence-corrected chi connectivity index (χ2v) is 26.4. The van der Waals surface area contributed by atoms with Crippen molar-refractivity contribution < 1.29 is 23.2 Å². The molecule has 0 spiro atoms. The van der Waals surface area contributed by atoms with E-state index in [0.717, 1.165) is 27.8 Å². The molecule has 1 saturated heterocycles. The van der Waals surface area contributed by atoms with Gasteiger partial charge in [-0.15, -0.1) is 0 Å². The SMILES string of the molecule is [C-]#[N+]CCCP(OC1[C@@H](COC(c2ccccc2)(c2ccc(C)cc2)c2ccc(C)cc2)O[C@@H](n2cnc3c(NC(=O)c4ccccc4)ncnc32)[C@H]1O[Si](C)(C)C(C)(C)C)N(C(C)C)C(C)C. The number of aryl methyl sites for hydroxylation is 2. The van der Waals surface area contributed by atoms with Crippen molar-refractivity contribution in [2.24, 2.45) is 0 Å². The molecule has 14 heteroatoms. The van der Waals surface area contributed by atoms with Crippen molar-refractivity contribution in [2.45, 2.75) is 129 Å². The number of nitrogens with one attached hydrogen (secondary N) is 1. The molecule has 0 saturated carbocycles. The lowest BCUT2D eigenvalue weighted by Crippen LogP contribution is -2.50. The zero-order valence-corrected chi connectivity index (χ0v) is 43.4. The summed E-state index contributed by atoms with van der Waals surface area (Å²) in [7, 11) is -3.87. The summed E-state index contributed by atoms with van der Waals surface area (Å²) >= 11 is 0. The third-order valence-corrected chi connectivity index (χ3v) is 20.3. The molecule has 0 radical (unpaired) electrons. The number of ether oxygens (including phenoxy) is 2. The van der Waals surface area contributed by atoms with Crippen molar-refractivity contribution in [3.63, 3.8) is 0 Å². The number of aromatic nitrogens is 4. The standard InChI is InChI=1S/C54H68N7O5PSi/c1-37(2)61(38(3)4)67(33-19-32-55-10)65-47-45(34-63-54(42-22-17-14-18-23-42,43-28-24-39(5)25-29-43)44-30-26-40(6)27-31-44)64-52(48(47)66-68(11,12)53(7,8)9)60-36-58-46-49(56-35-57-50(46)60)59-51(62)41-20-15-13-16-21-41/h13-18,20-31,35-38,45,47-48,52H,19,32-34H2,1-9,11-12H3,(H,56,57,59,62)/t45-,47?,48+,52-,67?/m1/s1. The number of anilines is 1. The van der Waals surface area contributed by atoms with Crippen molar-refractivity contribution in [3.8, 4) is 0 Å². The van der Waals surface area contributed by atoms with Crippen LogP contribution < -0.4 is 5.32 Å². The number of hydrogen-bond acceptors (Lipinski definition) is 9. The quantitative estimate of drug-likeness (QED) is 0.0278. The van der Waals surface area contributed by atoms with Gasteiger partial charge in [-0.1, -0.05) is 129 Å². The summed E-state index contributed by atoms with van der Waals surface area (Å²) in [5.41, 5.74) is 5.56. The number of benzene rings is 4. The number of carbonyl (C=O) groups is 1. The molecule has 358 valence electrons. The Bertz CT molecular complexity index is 2580. The Morgan fingerprint density at radius 3 is 1.97 bits per heavy atom. The van der Waals surface area contributed by atoms with Gasteiger partial charge in [0, 0.05) is 30.2 Å². The Morgan fingerprint density at radius 1 is 0.838 bits per heavy atom. The number of imidazole rings is 1. The van der Waals surface area contributed by atoms with E-state index >= 15 is 0 Å². The lowest BCUT2D eigenvalue weighted by Gasteiger charge is -2.43. The number of fused-ring (bicyclic) bond motifs is 1. The molecular formula is C54H68N7O5PSi.